The molecule has 3 unspecified atom stereocenters. The number of ether oxygens (including phenoxy) is 2. The fourth-order valence-electron chi connectivity index (χ4n) is 6.31. The minimum absolute atomic E-state index is 0.0848. The van der Waals surface area contributed by atoms with Gasteiger partial charge in [0.2, 0.25) is 0 Å². The van der Waals surface area contributed by atoms with Crippen molar-refractivity contribution in [3.63, 3.8) is 0 Å². The number of fused-ring (bicyclic) bond motifs is 2. The Morgan fingerprint density at radius 2 is 1.68 bits per heavy atom. The minimum atomic E-state index is -0.961. The topological polar surface area (TPSA) is 79.9 Å². The van der Waals surface area contributed by atoms with Gasteiger partial charge >= 0.3 is 5.97 Å². The highest BCUT2D eigenvalue weighted by atomic mass is 16.5. The van der Waals surface area contributed by atoms with Gasteiger partial charge in [0.15, 0.2) is 0 Å². The van der Waals surface area contributed by atoms with E-state index >= 15 is 0 Å². The zero-order valence-corrected chi connectivity index (χ0v) is 22.6. The number of hydrogen-bond acceptors (Lipinski definition) is 6. The van der Waals surface area contributed by atoms with E-state index in [1.807, 2.05) is 48.5 Å². The van der Waals surface area contributed by atoms with E-state index in [4.69, 9.17) is 9.47 Å². The number of hydrogen-bond donors (Lipinski definition) is 2. The second kappa shape index (κ2) is 11.3. The number of nitrogens with zero attached hydrogens (tertiary/aromatic N) is 1. The number of esters is 1. The van der Waals surface area contributed by atoms with Crippen molar-refractivity contribution >= 4 is 17.6 Å². The summed E-state index contributed by atoms with van der Waals surface area (Å²) in [5.74, 6) is -0.682. The van der Waals surface area contributed by atoms with Crippen molar-refractivity contribution in [1.82, 2.24) is 10.2 Å². The lowest BCUT2D eigenvalue weighted by molar-refractivity contribution is -0.138. The quantitative estimate of drug-likeness (QED) is 0.488. The first-order valence-electron chi connectivity index (χ1n) is 13.8. The number of anilines is 1. The van der Waals surface area contributed by atoms with Gasteiger partial charge in [-0.15, -0.1) is 0 Å². The third kappa shape index (κ3) is 5.22. The molecule has 3 heterocycles. The monoisotopic (exact) mass is 517 g/mol. The van der Waals surface area contributed by atoms with Gasteiger partial charge in [0.25, 0.3) is 5.91 Å². The van der Waals surface area contributed by atoms with Gasteiger partial charge in [-0.2, -0.15) is 0 Å². The van der Waals surface area contributed by atoms with Crippen molar-refractivity contribution in [2.45, 2.75) is 75.8 Å². The molecule has 7 nitrogen and oxygen atoms in total. The lowest BCUT2D eigenvalue weighted by Crippen LogP contribution is -2.51. The zero-order chi connectivity index (χ0) is 26.7. The van der Waals surface area contributed by atoms with Crippen LogP contribution in [-0.4, -0.2) is 66.8 Å². The summed E-state index contributed by atoms with van der Waals surface area (Å²) in [6.07, 6.45) is 3.34. The van der Waals surface area contributed by atoms with Crippen LogP contribution in [0.1, 0.15) is 45.1 Å². The van der Waals surface area contributed by atoms with E-state index in [1.165, 1.54) is 7.11 Å². The number of piperidine rings is 1. The van der Waals surface area contributed by atoms with Crippen LogP contribution < -0.4 is 10.6 Å². The number of rotatable bonds is 9. The predicted molar refractivity (Wildman–Crippen MR) is 148 cm³/mol. The van der Waals surface area contributed by atoms with Gasteiger partial charge < -0.3 is 25.0 Å². The van der Waals surface area contributed by atoms with Crippen LogP contribution in [0.2, 0.25) is 0 Å². The Hall–Kier alpha value is -3.16. The molecule has 0 saturated carbocycles. The van der Waals surface area contributed by atoms with Crippen LogP contribution in [0.5, 0.6) is 0 Å². The first kappa shape index (κ1) is 26.4. The van der Waals surface area contributed by atoms with Crippen LogP contribution in [-0.2, 0) is 25.5 Å². The number of amides is 1. The first-order chi connectivity index (χ1) is 18.4. The SMILES string of the molecule is COC(=O)C1=C(C(=O)NC2CCN(C(C)C)CC2)C2CCC1(C(Cc1ccccc1)Nc1ccccc1)O2. The maximum absolute atomic E-state index is 13.7. The second-order valence-electron chi connectivity index (χ2n) is 10.9. The van der Waals surface area contributed by atoms with Gasteiger partial charge in [0, 0.05) is 30.9 Å². The summed E-state index contributed by atoms with van der Waals surface area (Å²) in [5, 5.41) is 6.89. The predicted octanol–water partition coefficient (Wildman–Crippen LogP) is 4.10. The van der Waals surface area contributed by atoms with E-state index < -0.39 is 17.7 Å². The molecule has 0 aliphatic carbocycles. The molecular weight excluding hydrogens is 478 g/mol. The maximum Gasteiger partial charge on any atom is 0.337 e. The van der Waals surface area contributed by atoms with Crippen LogP contribution >= 0.6 is 0 Å². The molecule has 5 rings (SSSR count). The van der Waals surface area contributed by atoms with Gasteiger partial charge in [0.05, 0.1) is 30.4 Å². The Bertz CT molecular complexity index is 1120. The Morgan fingerprint density at radius 3 is 2.32 bits per heavy atom. The Labute approximate surface area is 225 Å². The minimum Gasteiger partial charge on any atom is -0.466 e. The van der Waals surface area contributed by atoms with E-state index in [0.29, 0.717) is 36.5 Å². The lowest BCUT2D eigenvalue weighted by atomic mass is 9.75. The standard InChI is InChI=1S/C31H39N3O4/c1-21(2)34-18-15-24(16-19-34)33-29(35)27-25-14-17-31(38-25,28(27)30(36)37-3)26(20-22-10-6-4-7-11-22)32-23-12-8-5-9-13-23/h4-13,21,24-26,32H,14-20H2,1-3H3,(H,33,35). The molecule has 0 spiro atoms. The number of likely N-dealkylation sites (tertiary alicyclic amines) is 1. The van der Waals surface area contributed by atoms with Crippen LogP contribution in [0.4, 0.5) is 5.69 Å². The van der Waals surface area contributed by atoms with E-state index in [0.717, 1.165) is 37.2 Å². The van der Waals surface area contributed by atoms with Crippen molar-refractivity contribution < 1.29 is 19.1 Å². The summed E-state index contributed by atoms with van der Waals surface area (Å²) in [4.78, 5) is 29.5. The third-order valence-corrected chi connectivity index (χ3v) is 8.33. The summed E-state index contributed by atoms with van der Waals surface area (Å²) in [6.45, 7) is 6.31. The maximum atomic E-state index is 13.7. The molecule has 2 saturated heterocycles. The lowest BCUT2D eigenvalue weighted by Gasteiger charge is -2.37. The highest BCUT2D eigenvalue weighted by Gasteiger charge is 2.60. The summed E-state index contributed by atoms with van der Waals surface area (Å²) in [6, 6.07) is 20.4. The summed E-state index contributed by atoms with van der Waals surface area (Å²) < 4.78 is 11.9. The highest BCUT2D eigenvalue weighted by Crippen LogP contribution is 2.51. The summed E-state index contributed by atoms with van der Waals surface area (Å²) in [7, 11) is 1.38. The normalized spacial score (nSPS) is 24.5. The molecule has 202 valence electrons. The largest absolute Gasteiger partial charge is 0.466 e. The van der Waals surface area contributed by atoms with Crippen LogP contribution in [0.25, 0.3) is 0 Å². The van der Waals surface area contributed by atoms with Gasteiger partial charge in [-0.3, -0.25) is 4.79 Å². The molecule has 3 aliphatic rings. The average Bonchev–Trinajstić information content (AvgIpc) is 3.52. The van der Waals surface area contributed by atoms with E-state index in [2.05, 4.69) is 41.5 Å². The fraction of sp³-hybridized carbons (Fsp3) is 0.484. The average molecular weight is 518 g/mol. The molecule has 1 amide bonds. The molecule has 2 N–H and O–H groups in total. The Balaban J connectivity index is 1.46. The molecule has 0 aromatic heterocycles. The van der Waals surface area contributed by atoms with E-state index in [-0.39, 0.29) is 18.0 Å². The molecule has 0 radical (unpaired) electrons. The van der Waals surface area contributed by atoms with Crippen molar-refractivity contribution in [2.24, 2.45) is 0 Å². The fourth-order valence-corrected chi connectivity index (χ4v) is 6.31. The molecule has 7 heteroatoms. The van der Waals surface area contributed by atoms with Gasteiger partial charge in [0.1, 0.15) is 5.60 Å². The number of benzene rings is 2. The molecule has 2 aromatic carbocycles. The van der Waals surface area contributed by atoms with Crippen LogP contribution in [0.15, 0.2) is 71.8 Å². The zero-order valence-electron chi connectivity index (χ0n) is 22.6. The van der Waals surface area contributed by atoms with Crippen molar-refractivity contribution in [3.8, 4) is 0 Å². The molecule has 38 heavy (non-hydrogen) atoms. The van der Waals surface area contributed by atoms with E-state index in [1.54, 1.807) is 0 Å². The smallest absolute Gasteiger partial charge is 0.337 e. The number of methoxy groups -OCH3 is 1. The van der Waals surface area contributed by atoms with Crippen molar-refractivity contribution in [2.75, 3.05) is 25.5 Å². The molecule has 2 aromatic rings. The van der Waals surface area contributed by atoms with Crippen molar-refractivity contribution in [3.05, 3.63) is 77.4 Å². The van der Waals surface area contributed by atoms with Gasteiger partial charge in [-0.1, -0.05) is 48.5 Å². The first-order valence-corrected chi connectivity index (χ1v) is 13.8. The summed E-state index contributed by atoms with van der Waals surface area (Å²) >= 11 is 0. The highest BCUT2D eigenvalue weighted by molar-refractivity contribution is 6.06. The summed E-state index contributed by atoms with van der Waals surface area (Å²) in [5.41, 5.74) is 1.92. The Morgan fingerprint density at radius 1 is 1.03 bits per heavy atom. The third-order valence-electron chi connectivity index (χ3n) is 8.33. The molecule has 2 bridgehead atoms. The number of carbonyl (C=O) groups excluding carboxylic acids is 2. The number of nitrogens with one attached hydrogen (secondary N) is 2. The Kier molecular flexibility index (Phi) is 7.86. The molecular formula is C31H39N3O4. The van der Waals surface area contributed by atoms with Gasteiger partial charge in [-0.05, 0) is 63.6 Å². The van der Waals surface area contributed by atoms with Crippen molar-refractivity contribution in [1.29, 1.82) is 0 Å². The second-order valence-corrected chi connectivity index (χ2v) is 10.9. The number of para-hydroxylation sites is 1. The number of carbonyl (C=O) groups is 2. The molecule has 3 atom stereocenters. The molecule has 2 fully saturated rings. The molecule has 3 aliphatic heterocycles. The van der Waals surface area contributed by atoms with Gasteiger partial charge in [-0.25, -0.2) is 4.79 Å². The van der Waals surface area contributed by atoms with Crippen LogP contribution in [0, 0.1) is 0 Å². The van der Waals surface area contributed by atoms with E-state index in [9.17, 15) is 9.59 Å². The van der Waals surface area contributed by atoms with Crippen LogP contribution in [0.3, 0.4) is 0 Å².